The molecule has 6 nitrogen and oxygen atoms in total. The molecule has 1 heterocycles. The van der Waals surface area contributed by atoms with Gasteiger partial charge in [-0.3, -0.25) is 14.9 Å². The zero-order valence-corrected chi connectivity index (χ0v) is 13.3. The molecule has 0 unspecified atom stereocenters. The summed E-state index contributed by atoms with van der Waals surface area (Å²) in [6, 6.07) is 10.4. The molecule has 0 saturated carbocycles. The van der Waals surface area contributed by atoms with E-state index in [9.17, 15) is 9.59 Å². The van der Waals surface area contributed by atoms with Crippen molar-refractivity contribution in [2.45, 2.75) is 19.9 Å². The van der Waals surface area contributed by atoms with Crippen molar-refractivity contribution in [3.63, 3.8) is 0 Å². The first-order valence-corrected chi connectivity index (χ1v) is 7.55. The monoisotopic (exact) mass is 315 g/mol. The Balaban J connectivity index is 1.87. The van der Waals surface area contributed by atoms with E-state index in [2.05, 4.69) is 16.0 Å². The van der Waals surface area contributed by atoms with Crippen molar-refractivity contribution in [2.75, 3.05) is 18.4 Å². The summed E-state index contributed by atoms with van der Waals surface area (Å²) in [5.41, 5.74) is 1.10. The van der Waals surface area contributed by atoms with Gasteiger partial charge >= 0.3 is 0 Å². The Kier molecular flexibility index (Phi) is 5.94. The molecule has 1 aromatic carbocycles. The first-order chi connectivity index (χ1) is 11.1. The predicted octanol–water partition coefficient (Wildman–Crippen LogP) is 2.32. The number of hydrogen-bond donors (Lipinski definition) is 3. The lowest BCUT2D eigenvalue weighted by molar-refractivity contribution is -0.115. The Hall–Kier alpha value is -2.60. The van der Waals surface area contributed by atoms with Gasteiger partial charge < -0.3 is 15.1 Å². The number of anilines is 1. The van der Waals surface area contributed by atoms with Crippen LogP contribution in [0.5, 0.6) is 0 Å². The standard InChI is InChI=1S/C17H21N3O3/c1-3-18-17(22)13-6-4-7-14(10-13)20-16(21)11-19-12(2)15-8-5-9-23-15/h4-10,12,19H,3,11H2,1-2H3,(H,18,22)(H,20,21)/t12-/m0/s1. The zero-order valence-electron chi connectivity index (χ0n) is 13.3. The molecule has 0 aliphatic rings. The van der Waals surface area contributed by atoms with E-state index in [1.165, 1.54) is 0 Å². The van der Waals surface area contributed by atoms with Gasteiger partial charge in [-0.15, -0.1) is 0 Å². The molecule has 1 aromatic heterocycles. The number of nitrogens with one attached hydrogen (secondary N) is 3. The maximum absolute atomic E-state index is 12.0. The van der Waals surface area contributed by atoms with E-state index in [-0.39, 0.29) is 24.4 Å². The molecule has 0 aliphatic carbocycles. The van der Waals surface area contributed by atoms with Crippen molar-refractivity contribution in [3.05, 3.63) is 54.0 Å². The van der Waals surface area contributed by atoms with Crippen LogP contribution >= 0.6 is 0 Å². The summed E-state index contributed by atoms with van der Waals surface area (Å²) in [5, 5.41) is 8.57. The predicted molar refractivity (Wildman–Crippen MR) is 88.2 cm³/mol. The van der Waals surface area contributed by atoms with Gasteiger partial charge in [0.25, 0.3) is 5.91 Å². The van der Waals surface area contributed by atoms with Gasteiger partial charge in [-0.2, -0.15) is 0 Å². The van der Waals surface area contributed by atoms with Crippen LogP contribution in [0.25, 0.3) is 0 Å². The maximum atomic E-state index is 12.0. The highest BCUT2D eigenvalue weighted by Crippen LogP contribution is 2.13. The van der Waals surface area contributed by atoms with Gasteiger partial charge in [0.15, 0.2) is 0 Å². The van der Waals surface area contributed by atoms with Crippen LogP contribution in [0.3, 0.4) is 0 Å². The lowest BCUT2D eigenvalue weighted by Gasteiger charge is -2.12. The van der Waals surface area contributed by atoms with Crippen molar-refractivity contribution >= 4 is 17.5 Å². The second-order valence-corrected chi connectivity index (χ2v) is 5.11. The summed E-state index contributed by atoms with van der Waals surface area (Å²) in [6.07, 6.45) is 1.60. The summed E-state index contributed by atoms with van der Waals surface area (Å²) >= 11 is 0. The van der Waals surface area contributed by atoms with Crippen molar-refractivity contribution in [2.24, 2.45) is 0 Å². The van der Waals surface area contributed by atoms with Crippen LogP contribution < -0.4 is 16.0 Å². The first kappa shape index (κ1) is 16.8. The van der Waals surface area contributed by atoms with Crippen LogP contribution in [0.1, 0.15) is 36.0 Å². The van der Waals surface area contributed by atoms with Crippen LogP contribution in [0.4, 0.5) is 5.69 Å². The molecule has 2 amide bonds. The minimum absolute atomic E-state index is 0.0579. The number of furan rings is 1. The van der Waals surface area contributed by atoms with Crippen LogP contribution in [0, 0.1) is 0 Å². The third-order valence-corrected chi connectivity index (χ3v) is 3.28. The van der Waals surface area contributed by atoms with Crippen molar-refractivity contribution in [3.8, 4) is 0 Å². The van der Waals surface area contributed by atoms with E-state index in [0.717, 1.165) is 5.76 Å². The van der Waals surface area contributed by atoms with Crippen LogP contribution in [-0.2, 0) is 4.79 Å². The fourth-order valence-electron chi connectivity index (χ4n) is 2.09. The molecule has 0 spiro atoms. The van der Waals surface area contributed by atoms with E-state index in [0.29, 0.717) is 17.8 Å². The molecular formula is C17H21N3O3. The number of carbonyl (C=O) groups excluding carboxylic acids is 2. The Morgan fingerprint density at radius 3 is 2.74 bits per heavy atom. The molecule has 0 aliphatic heterocycles. The molecule has 0 fully saturated rings. The molecular weight excluding hydrogens is 294 g/mol. The molecule has 2 aromatic rings. The number of carbonyl (C=O) groups is 2. The third-order valence-electron chi connectivity index (χ3n) is 3.28. The van der Waals surface area contributed by atoms with E-state index in [1.54, 1.807) is 36.6 Å². The highest BCUT2D eigenvalue weighted by atomic mass is 16.3. The minimum atomic E-state index is -0.184. The van der Waals surface area contributed by atoms with Crippen molar-refractivity contribution < 1.29 is 14.0 Å². The number of rotatable bonds is 7. The first-order valence-electron chi connectivity index (χ1n) is 7.55. The third kappa shape index (κ3) is 4.96. The number of benzene rings is 1. The van der Waals surface area contributed by atoms with E-state index in [1.807, 2.05) is 19.9 Å². The summed E-state index contributed by atoms with van der Waals surface area (Å²) in [5.74, 6) is 0.431. The molecule has 23 heavy (non-hydrogen) atoms. The smallest absolute Gasteiger partial charge is 0.251 e. The average Bonchev–Trinajstić information content (AvgIpc) is 3.07. The quantitative estimate of drug-likeness (QED) is 0.732. The van der Waals surface area contributed by atoms with Gasteiger partial charge in [0.05, 0.1) is 18.8 Å². The molecule has 0 saturated heterocycles. The molecule has 3 N–H and O–H groups in total. The lowest BCUT2D eigenvalue weighted by Crippen LogP contribution is -2.30. The Bertz CT molecular complexity index is 653. The van der Waals surface area contributed by atoms with Gasteiger partial charge in [-0.05, 0) is 44.2 Å². The number of amides is 2. The average molecular weight is 315 g/mol. The van der Waals surface area contributed by atoms with Crippen molar-refractivity contribution in [1.82, 2.24) is 10.6 Å². The van der Waals surface area contributed by atoms with Gasteiger partial charge in [0.1, 0.15) is 5.76 Å². The molecule has 2 rings (SSSR count). The van der Waals surface area contributed by atoms with Gasteiger partial charge in [0, 0.05) is 17.8 Å². The molecule has 0 bridgehead atoms. The fourth-order valence-corrected chi connectivity index (χ4v) is 2.09. The highest BCUT2D eigenvalue weighted by molar-refractivity contribution is 5.97. The SMILES string of the molecule is CCNC(=O)c1cccc(NC(=O)CN[C@@H](C)c2ccco2)c1. The number of hydrogen-bond acceptors (Lipinski definition) is 4. The largest absolute Gasteiger partial charge is 0.468 e. The topological polar surface area (TPSA) is 83.4 Å². The lowest BCUT2D eigenvalue weighted by atomic mass is 10.2. The maximum Gasteiger partial charge on any atom is 0.251 e. The van der Waals surface area contributed by atoms with Crippen LogP contribution in [-0.4, -0.2) is 24.9 Å². The normalized spacial score (nSPS) is 11.7. The fraction of sp³-hybridized carbons (Fsp3) is 0.294. The second-order valence-electron chi connectivity index (χ2n) is 5.11. The van der Waals surface area contributed by atoms with Gasteiger partial charge in [0.2, 0.25) is 5.91 Å². The zero-order chi connectivity index (χ0) is 16.7. The summed E-state index contributed by atoms with van der Waals surface area (Å²) in [6.45, 7) is 4.48. The van der Waals surface area contributed by atoms with Crippen LogP contribution in [0.15, 0.2) is 47.1 Å². The Labute approximate surface area is 135 Å². The minimum Gasteiger partial charge on any atom is -0.468 e. The van der Waals surface area contributed by atoms with Gasteiger partial charge in [-0.1, -0.05) is 6.07 Å². The summed E-state index contributed by atoms with van der Waals surface area (Å²) in [7, 11) is 0. The molecule has 0 radical (unpaired) electrons. The van der Waals surface area contributed by atoms with Gasteiger partial charge in [-0.25, -0.2) is 0 Å². The van der Waals surface area contributed by atoms with Crippen molar-refractivity contribution in [1.29, 1.82) is 0 Å². The molecule has 122 valence electrons. The Morgan fingerprint density at radius 1 is 1.22 bits per heavy atom. The second kappa shape index (κ2) is 8.14. The van der Waals surface area contributed by atoms with E-state index < -0.39 is 0 Å². The highest BCUT2D eigenvalue weighted by Gasteiger charge is 2.11. The Morgan fingerprint density at radius 2 is 2.04 bits per heavy atom. The van der Waals surface area contributed by atoms with E-state index >= 15 is 0 Å². The molecule has 1 atom stereocenters. The van der Waals surface area contributed by atoms with Crippen LogP contribution in [0.2, 0.25) is 0 Å². The molecule has 6 heteroatoms. The summed E-state index contributed by atoms with van der Waals surface area (Å²) in [4.78, 5) is 23.8. The van der Waals surface area contributed by atoms with E-state index in [4.69, 9.17) is 4.42 Å². The summed E-state index contributed by atoms with van der Waals surface area (Å²) < 4.78 is 5.27.